The van der Waals surface area contributed by atoms with E-state index in [4.69, 9.17) is 13.8 Å². The molecule has 0 radical (unpaired) electrons. The van der Waals surface area contributed by atoms with Crippen molar-refractivity contribution in [3.8, 4) is 11.5 Å². The third-order valence-electron chi connectivity index (χ3n) is 4.17. The molecule has 2 amide bonds. The Morgan fingerprint density at radius 1 is 1.29 bits per heavy atom. The van der Waals surface area contributed by atoms with Crippen molar-refractivity contribution in [2.45, 2.75) is 32.0 Å². The van der Waals surface area contributed by atoms with Crippen molar-refractivity contribution < 1.29 is 18.6 Å². The number of carbonyl (C=O) groups is 1. The van der Waals surface area contributed by atoms with Gasteiger partial charge in [-0.2, -0.15) is 9.97 Å². The number of pyridine rings is 1. The minimum Gasteiger partial charge on any atom is -0.368 e. The lowest BCUT2D eigenvalue weighted by Gasteiger charge is -2.14. The Morgan fingerprint density at radius 3 is 3.00 bits per heavy atom. The van der Waals surface area contributed by atoms with Crippen LogP contribution in [0.1, 0.15) is 36.6 Å². The maximum atomic E-state index is 12.3. The maximum Gasteiger partial charge on any atom is 0.317 e. The number of amides is 2. The molecular formula is C17H19N7O4. The van der Waals surface area contributed by atoms with Gasteiger partial charge in [0.05, 0.1) is 6.54 Å². The fraction of sp³-hybridized carbons (Fsp3) is 0.412. The molecule has 4 heterocycles. The average molecular weight is 385 g/mol. The largest absolute Gasteiger partial charge is 0.368 e. The summed E-state index contributed by atoms with van der Waals surface area (Å²) in [6.07, 6.45) is 3.33. The smallest absolute Gasteiger partial charge is 0.317 e. The topological polar surface area (TPSA) is 132 Å². The highest BCUT2D eigenvalue weighted by Gasteiger charge is 2.24. The standard InChI is InChI=1S/C17H19N7O4/c1-24(10-14-21-15(23-27-14)11-5-2-3-7-18-11)17(25)19-9-13-20-16(28-22-13)12-6-4-8-26-12/h2-3,5,7,12H,4,6,8-10H2,1H3,(H,19,25)/t12-/m1/s1. The Morgan fingerprint density at radius 2 is 2.21 bits per heavy atom. The molecule has 11 heteroatoms. The first-order chi connectivity index (χ1) is 13.7. The summed E-state index contributed by atoms with van der Waals surface area (Å²) in [5.41, 5.74) is 0.601. The van der Waals surface area contributed by atoms with Gasteiger partial charge in [-0.15, -0.1) is 0 Å². The van der Waals surface area contributed by atoms with Crippen LogP contribution in [0.5, 0.6) is 0 Å². The quantitative estimate of drug-likeness (QED) is 0.673. The van der Waals surface area contributed by atoms with E-state index in [0.717, 1.165) is 12.8 Å². The van der Waals surface area contributed by atoms with Crippen LogP contribution in [-0.2, 0) is 17.8 Å². The molecule has 0 aliphatic carbocycles. The van der Waals surface area contributed by atoms with Crippen LogP contribution in [0.25, 0.3) is 11.5 Å². The van der Waals surface area contributed by atoms with Crippen LogP contribution in [-0.4, -0.2) is 49.9 Å². The second kappa shape index (κ2) is 8.13. The zero-order valence-electron chi connectivity index (χ0n) is 15.2. The Kier molecular flexibility index (Phi) is 5.24. The van der Waals surface area contributed by atoms with E-state index in [1.54, 1.807) is 25.4 Å². The van der Waals surface area contributed by atoms with Crippen molar-refractivity contribution in [3.05, 3.63) is 42.0 Å². The van der Waals surface area contributed by atoms with Gasteiger partial charge in [0, 0.05) is 19.9 Å². The first-order valence-electron chi connectivity index (χ1n) is 8.86. The number of carbonyl (C=O) groups excluding carboxylic acids is 1. The monoisotopic (exact) mass is 385 g/mol. The van der Waals surface area contributed by atoms with Crippen LogP contribution in [0, 0.1) is 0 Å². The number of rotatable bonds is 6. The lowest BCUT2D eigenvalue weighted by molar-refractivity contribution is 0.0835. The molecule has 3 aromatic rings. The average Bonchev–Trinajstić information content (AvgIpc) is 3.47. The minimum absolute atomic E-state index is 0.141. The third kappa shape index (κ3) is 4.14. The van der Waals surface area contributed by atoms with Gasteiger partial charge in [0.15, 0.2) is 5.82 Å². The third-order valence-corrected chi connectivity index (χ3v) is 4.17. The highest BCUT2D eigenvalue weighted by Crippen LogP contribution is 2.26. The minimum atomic E-state index is -0.332. The molecule has 1 aliphatic rings. The first kappa shape index (κ1) is 18.0. The number of aromatic nitrogens is 5. The molecule has 1 N–H and O–H groups in total. The second-order valence-corrected chi connectivity index (χ2v) is 6.29. The molecule has 11 nitrogen and oxygen atoms in total. The van der Waals surface area contributed by atoms with E-state index in [9.17, 15) is 4.79 Å². The fourth-order valence-corrected chi connectivity index (χ4v) is 2.72. The molecule has 0 bridgehead atoms. The van der Waals surface area contributed by atoms with Crippen molar-refractivity contribution in [1.29, 1.82) is 0 Å². The zero-order chi connectivity index (χ0) is 19.3. The summed E-state index contributed by atoms with van der Waals surface area (Å²) in [5.74, 6) is 1.52. The van der Waals surface area contributed by atoms with Crippen molar-refractivity contribution in [2.75, 3.05) is 13.7 Å². The van der Waals surface area contributed by atoms with Crippen LogP contribution < -0.4 is 5.32 Å². The number of hydrogen-bond donors (Lipinski definition) is 1. The van der Waals surface area contributed by atoms with Crippen molar-refractivity contribution in [1.82, 2.24) is 35.5 Å². The van der Waals surface area contributed by atoms with Gasteiger partial charge >= 0.3 is 6.03 Å². The van der Waals surface area contributed by atoms with Crippen molar-refractivity contribution in [2.24, 2.45) is 0 Å². The van der Waals surface area contributed by atoms with E-state index in [2.05, 4.69) is 30.6 Å². The van der Waals surface area contributed by atoms with Gasteiger partial charge in [0.1, 0.15) is 18.3 Å². The van der Waals surface area contributed by atoms with Gasteiger partial charge < -0.3 is 24.0 Å². The van der Waals surface area contributed by atoms with E-state index in [1.165, 1.54) is 4.90 Å². The van der Waals surface area contributed by atoms with Gasteiger partial charge in [-0.1, -0.05) is 16.4 Å². The molecule has 0 saturated carbocycles. The van der Waals surface area contributed by atoms with Crippen molar-refractivity contribution >= 4 is 6.03 Å². The lowest BCUT2D eigenvalue weighted by Crippen LogP contribution is -2.36. The molecule has 1 saturated heterocycles. The summed E-state index contributed by atoms with van der Waals surface area (Å²) in [7, 11) is 1.62. The molecular weight excluding hydrogens is 366 g/mol. The normalized spacial score (nSPS) is 16.2. The van der Waals surface area contributed by atoms with E-state index >= 15 is 0 Å². The van der Waals surface area contributed by atoms with Crippen LogP contribution >= 0.6 is 0 Å². The molecule has 146 valence electrons. The maximum absolute atomic E-state index is 12.3. The van der Waals surface area contributed by atoms with E-state index in [0.29, 0.717) is 35.7 Å². The Labute approximate surface area is 160 Å². The molecule has 0 spiro atoms. The van der Waals surface area contributed by atoms with Crippen LogP contribution in [0.3, 0.4) is 0 Å². The van der Waals surface area contributed by atoms with Crippen LogP contribution in [0.15, 0.2) is 33.4 Å². The van der Waals surface area contributed by atoms with Gasteiger partial charge in [-0.3, -0.25) is 4.98 Å². The first-order valence-corrected chi connectivity index (χ1v) is 8.86. The number of nitrogens with one attached hydrogen (secondary N) is 1. The van der Waals surface area contributed by atoms with E-state index in [1.807, 2.05) is 6.07 Å². The zero-order valence-corrected chi connectivity index (χ0v) is 15.2. The summed E-state index contributed by atoms with van der Waals surface area (Å²) in [6, 6.07) is 5.08. The lowest BCUT2D eigenvalue weighted by atomic mass is 10.2. The van der Waals surface area contributed by atoms with E-state index in [-0.39, 0.29) is 25.2 Å². The molecule has 0 unspecified atom stereocenters. The second-order valence-electron chi connectivity index (χ2n) is 6.29. The molecule has 4 rings (SSSR count). The summed E-state index contributed by atoms with van der Waals surface area (Å²) in [4.78, 5) is 26.3. The molecule has 28 heavy (non-hydrogen) atoms. The summed E-state index contributed by atoms with van der Waals surface area (Å²) < 4.78 is 15.9. The number of ether oxygens (including phenoxy) is 1. The summed E-state index contributed by atoms with van der Waals surface area (Å²) in [5, 5.41) is 10.5. The molecule has 3 aromatic heterocycles. The van der Waals surface area contributed by atoms with Gasteiger partial charge in [-0.25, -0.2) is 4.79 Å². The SMILES string of the molecule is CN(Cc1nc(-c2ccccn2)no1)C(=O)NCc1noc([C@H]2CCCO2)n1. The van der Waals surface area contributed by atoms with Gasteiger partial charge in [0.2, 0.25) is 11.7 Å². The Bertz CT molecular complexity index is 921. The molecule has 1 fully saturated rings. The number of hydrogen-bond acceptors (Lipinski definition) is 9. The van der Waals surface area contributed by atoms with Crippen molar-refractivity contribution in [3.63, 3.8) is 0 Å². The predicted octanol–water partition coefficient (Wildman–Crippen LogP) is 1.71. The predicted molar refractivity (Wildman–Crippen MR) is 93.5 cm³/mol. The van der Waals surface area contributed by atoms with Crippen LogP contribution in [0.2, 0.25) is 0 Å². The number of nitrogens with zero attached hydrogens (tertiary/aromatic N) is 6. The highest BCUT2D eigenvalue weighted by molar-refractivity contribution is 5.73. The Balaban J connectivity index is 1.28. The fourth-order valence-electron chi connectivity index (χ4n) is 2.72. The van der Waals surface area contributed by atoms with Gasteiger partial charge in [-0.05, 0) is 25.0 Å². The Hall–Kier alpha value is -3.34. The number of urea groups is 1. The summed E-state index contributed by atoms with van der Waals surface area (Å²) >= 11 is 0. The highest BCUT2D eigenvalue weighted by atomic mass is 16.5. The van der Waals surface area contributed by atoms with Gasteiger partial charge in [0.25, 0.3) is 5.89 Å². The van der Waals surface area contributed by atoms with E-state index < -0.39 is 0 Å². The molecule has 1 atom stereocenters. The molecule has 1 aliphatic heterocycles. The van der Waals surface area contributed by atoms with Crippen LogP contribution in [0.4, 0.5) is 4.79 Å². The molecule has 0 aromatic carbocycles. The summed E-state index contributed by atoms with van der Waals surface area (Å²) in [6.45, 7) is 0.989.